The number of para-hydroxylation sites is 1. The molecule has 0 aliphatic heterocycles. The predicted octanol–water partition coefficient (Wildman–Crippen LogP) is 3.52. The molecule has 0 unspecified atom stereocenters. The molecule has 1 aromatic heterocycles. The van der Waals surface area contributed by atoms with Crippen molar-refractivity contribution >= 4 is 5.97 Å². The number of aromatic nitrogens is 2. The van der Waals surface area contributed by atoms with Gasteiger partial charge in [-0.3, -0.25) is 4.79 Å². The zero-order chi connectivity index (χ0) is 19.4. The Morgan fingerprint density at radius 1 is 1.15 bits per heavy atom. The van der Waals surface area contributed by atoms with Crippen LogP contribution in [0.2, 0.25) is 0 Å². The van der Waals surface area contributed by atoms with Crippen LogP contribution in [-0.4, -0.2) is 22.9 Å². The second-order valence-electron chi connectivity index (χ2n) is 6.03. The Morgan fingerprint density at radius 2 is 1.89 bits per heavy atom. The first kappa shape index (κ1) is 18.2. The summed E-state index contributed by atoms with van der Waals surface area (Å²) in [5.74, 6) is 0.208. The highest BCUT2D eigenvalue weighted by molar-refractivity contribution is 5.76. The maximum absolute atomic E-state index is 12.5. The third kappa shape index (κ3) is 3.82. The van der Waals surface area contributed by atoms with Gasteiger partial charge in [-0.05, 0) is 38.1 Å². The molecule has 6 nitrogen and oxygen atoms in total. The van der Waals surface area contributed by atoms with Crippen molar-refractivity contribution in [1.29, 1.82) is 5.26 Å². The van der Waals surface area contributed by atoms with E-state index < -0.39 is 5.97 Å². The molecule has 0 fully saturated rings. The van der Waals surface area contributed by atoms with Crippen molar-refractivity contribution < 1.29 is 14.3 Å². The zero-order valence-electron chi connectivity index (χ0n) is 15.4. The first-order valence-electron chi connectivity index (χ1n) is 8.42. The molecule has 3 rings (SSSR count). The van der Waals surface area contributed by atoms with Crippen LogP contribution in [0.5, 0.6) is 11.5 Å². The lowest BCUT2D eigenvalue weighted by Crippen LogP contribution is -2.13. The van der Waals surface area contributed by atoms with Gasteiger partial charge in [-0.15, -0.1) is 0 Å². The van der Waals surface area contributed by atoms with E-state index in [1.54, 1.807) is 12.1 Å². The van der Waals surface area contributed by atoms with Crippen LogP contribution >= 0.6 is 0 Å². The van der Waals surface area contributed by atoms with E-state index in [1.807, 2.05) is 54.9 Å². The molecule has 6 heteroatoms. The molecule has 0 bridgehead atoms. The van der Waals surface area contributed by atoms with Crippen LogP contribution in [0, 0.1) is 25.2 Å². The van der Waals surface area contributed by atoms with Crippen molar-refractivity contribution in [3.8, 4) is 23.3 Å². The SMILES string of the molecule is COc1cc(C#N)ccc1OC(=O)Cc1c(C)nn(-c2ccccc2)c1C. The highest BCUT2D eigenvalue weighted by Gasteiger charge is 2.18. The summed E-state index contributed by atoms with van der Waals surface area (Å²) < 4.78 is 12.5. The lowest BCUT2D eigenvalue weighted by atomic mass is 10.1. The van der Waals surface area contributed by atoms with Crippen LogP contribution in [0.1, 0.15) is 22.5 Å². The van der Waals surface area contributed by atoms with Gasteiger partial charge < -0.3 is 9.47 Å². The van der Waals surface area contributed by atoms with Gasteiger partial charge in [-0.1, -0.05) is 18.2 Å². The fourth-order valence-corrected chi connectivity index (χ4v) is 2.88. The molecule has 27 heavy (non-hydrogen) atoms. The highest BCUT2D eigenvalue weighted by atomic mass is 16.6. The average molecular weight is 361 g/mol. The third-order valence-corrected chi connectivity index (χ3v) is 4.28. The number of carbonyl (C=O) groups is 1. The summed E-state index contributed by atoms with van der Waals surface area (Å²) in [7, 11) is 1.46. The van der Waals surface area contributed by atoms with Crippen molar-refractivity contribution in [2.45, 2.75) is 20.3 Å². The lowest BCUT2D eigenvalue weighted by Gasteiger charge is -2.10. The predicted molar refractivity (Wildman–Crippen MR) is 100 cm³/mol. The highest BCUT2D eigenvalue weighted by Crippen LogP contribution is 2.28. The van der Waals surface area contributed by atoms with E-state index in [2.05, 4.69) is 5.10 Å². The molecule has 0 N–H and O–H groups in total. The monoisotopic (exact) mass is 361 g/mol. The molecule has 1 heterocycles. The minimum absolute atomic E-state index is 0.0909. The Bertz CT molecular complexity index is 1020. The van der Waals surface area contributed by atoms with E-state index in [9.17, 15) is 4.79 Å². The first-order chi connectivity index (χ1) is 13.0. The summed E-state index contributed by atoms with van der Waals surface area (Å²) in [4.78, 5) is 12.5. The van der Waals surface area contributed by atoms with Crippen molar-refractivity contribution in [1.82, 2.24) is 9.78 Å². The number of carbonyl (C=O) groups excluding carboxylic acids is 1. The Kier molecular flexibility index (Phi) is 5.23. The number of aryl methyl sites for hydroxylation is 1. The van der Waals surface area contributed by atoms with E-state index in [0.29, 0.717) is 11.3 Å². The Morgan fingerprint density at radius 3 is 2.56 bits per heavy atom. The lowest BCUT2D eigenvalue weighted by molar-refractivity contribution is -0.133. The topological polar surface area (TPSA) is 77.1 Å². The van der Waals surface area contributed by atoms with Crippen LogP contribution in [0.25, 0.3) is 5.69 Å². The summed E-state index contributed by atoms with van der Waals surface area (Å²) >= 11 is 0. The van der Waals surface area contributed by atoms with Gasteiger partial charge in [0.15, 0.2) is 11.5 Å². The molecule has 0 aliphatic carbocycles. The summed E-state index contributed by atoms with van der Waals surface area (Å²) in [5.41, 5.74) is 3.87. The molecule has 0 saturated carbocycles. The van der Waals surface area contributed by atoms with E-state index in [0.717, 1.165) is 22.6 Å². The van der Waals surface area contributed by atoms with Gasteiger partial charge in [0, 0.05) is 17.3 Å². The molecule has 2 aromatic carbocycles. The van der Waals surface area contributed by atoms with E-state index in [-0.39, 0.29) is 12.2 Å². The molecule has 136 valence electrons. The fraction of sp³-hybridized carbons (Fsp3) is 0.190. The van der Waals surface area contributed by atoms with E-state index >= 15 is 0 Å². The smallest absolute Gasteiger partial charge is 0.315 e. The van der Waals surface area contributed by atoms with Crippen LogP contribution in [0.4, 0.5) is 0 Å². The number of nitriles is 1. The quantitative estimate of drug-likeness (QED) is 0.513. The van der Waals surface area contributed by atoms with Gasteiger partial charge in [0.1, 0.15) is 0 Å². The largest absolute Gasteiger partial charge is 0.493 e. The second-order valence-corrected chi connectivity index (χ2v) is 6.03. The number of hydrogen-bond acceptors (Lipinski definition) is 5. The van der Waals surface area contributed by atoms with Crippen molar-refractivity contribution in [3.63, 3.8) is 0 Å². The Hall–Kier alpha value is -3.59. The Labute approximate surface area is 157 Å². The summed E-state index contributed by atoms with van der Waals surface area (Å²) in [5, 5.41) is 13.5. The molecule has 0 atom stereocenters. The van der Waals surface area contributed by atoms with Crippen LogP contribution in [-0.2, 0) is 11.2 Å². The molecule has 0 spiro atoms. The first-order valence-corrected chi connectivity index (χ1v) is 8.42. The minimum atomic E-state index is -0.420. The third-order valence-electron chi connectivity index (χ3n) is 4.28. The van der Waals surface area contributed by atoms with Crippen molar-refractivity contribution in [3.05, 3.63) is 71.0 Å². The molecular weight excluding hydrogens is 342 g/mol. The normalized spacial score (nSPS) is 10.3. The van der Waals surface area contributed by atoms with E-state index in [4.69, 9.17) is 14.7 Å². The van der Waals surface area contributed by atoms with Gasteiger partial charge >= 0.3 is 5.97 Å². The van der Waals surface area contributed by atoms with Gasteiger partial charge in [0.05, 0.1) is 36.5 Å². The minimum Gasteiger partial charge on any atom is -0.493 e. The summed E-state index contributed by atoms with van der Waals surface area (Å²) in [6, 6.07) is 16.4. The van der Waals surface area contributed by atoms with Crippen LogP contribution in [0.15, 0.2) is 48.5 Å². The summed E-state index contributed by atoms with van der Waals surface area (Å²) in [6.07, 6.45) is 0.0909. The van der Waals surface area contributed by atoms with E-state index in [1.165, 1.54) is 13.2 Å². The molecule has 0 saturated heterocycles. The fourth-order valence-electron chi connectivity index (χ4n) is 2.88. The number of rotatable bonds is 5. The number of nitrogens with zero attached hydrogens (tertiary/aromatic N) is 3. The summed E-state index contributed by atoms with van der Waals surface area (Å²) in [6.45, 7) is 3.80. The maximum atomic E-state index is 12.5. The zero-order valence-corrected chi connectivity index (χ0v) is 15.4. The number of benzene rings is 2. The molecule has 0 aliphatic rings. The maximum Gasteiger partial charge on any atom is 0.315 e. The average Bonchev–Trinajstić information content (AvgIpc) is 2.97. The van der Waals surface area contributed by atoms with Gasteiger partial charge in [0.2, 0.25) is 0 Å². The number of ether oxygens (including phenoxy) is 2. The standard InChI is InChI=1S/C21H19N3O3/c1-14-18(15(2)24(23-14)17-7-5-4-6-8-17)12-21(25)27-19-10-9-16(13-22)11-20(19)26-3/h4-11H,12H2,1-3H3. The van der Waals surface area contributed by atoms with Crippen molar-refractivity contribution in [2.24, 2.45) is 0 Å². The van der Waals surface area contributed by atoms with Crippen molar-refractivity contribution in [2.75, 3.05) is 7.11 Å². The molecule has 0 amide bonds. The van der Waals surface area contributed by atoms with Gasteiger partial charge in [-0.25, -0.2) is 4.68 Å². The number of hydrogen-bond donors (Lipinski definition) is 0. The molecular formula is C21H19N3O3. The second kappa shape index (κ2) is 7.75. The van der Waals surface area contributed by atoms with Gasteiger partial charge in [-0.2, -0.15) is 10.4 Å². The molecule has 3 aromatic rings. The molecule has 0 radical (unpaired) electrons. The van der Waals surface area contributed by atoms with Gasteiger partial charge in [0.25, 0.3) is 0 Å². The number of methoxy groups -OCH3 is 1. The number of esters is 1. The Balaban J connectivity index is 1.81. The van der Waals surface area contributed by atoms with Crippen LogP contribution in [0.3, 0.4) is 0 Å². The van der Waals surface area contributed by atoms with Crippen LogP contribution < -0.4 is 9.47 Å².